The molecule has 0 spiro atoms. The van der Waals surface area contributed by atoms with Crippen molar-refractivity contribution >= 4 is 6.08 Å². The van der Waals surface area contributed by atoms with Crippen molar-refractivity contribution in [2.75, 3.05) is 0 Å². The average Bonchev–Trinajstić information content (AvgIpc) is 2.41. The van der Waals surface area contributed by atoms with E-state index in [1.807, 2.05) is 43.3 Å². The van der Waals surface area contributed by atoms with Gasteiger partial charge < -0.3 is 0 Å². The van der Waals surface area contributed by atoms with E-state index in [4.69, 9.17) is 0 Å². The Morgan fingerprint density at radius 1 is 1.32 bits per heavy atom. The third-order valence-corrected chi connectivity index (χ3v) is 2.86. The lowest BCUT2D eigenvalue weighted by Crippen LogP contribution is -2.02. The standard InChI is InChI=1S/C15H14N2O2/c1-12-7-8-16-11-14(12)10-15(17(18)19)9-13-5-3-2-4-6-13/h2-8,10-11H,9H2,1H3/b15-10-. The molecule has 1 aromatic carbocycles. The van der Waals surface area contributed by atoms with Gasteiger partial charge >= 0.3 is 0 Å². The maximum absolute atomic E-state index is 11.1. The molecule has 19 heavy (non-hydrogen) atoms. The Kier molecular flexibility index (Phi) is 4.03. The fourth-order valence-electron chi connectivity index (χ4n) is 1.78. The minimum Gasteiger partial charge on any atom is -0.264 e. The van der Waals surface area contributed by atoms with E-state index in [1.54, 1.807) is 18.5 Å². The molecule has 0 fully saturated rings. The number of aromatic nitrogens is 1. The SMILES string of the molecule is Cc1ccncc1/C=C(/Cc1ccccc1)[N+](=O)[O-]. The van der Waals surface area contributed by atoms with E-state index < -0.39 is 0 Å². The van der Waals surface area contributed by atoms with E-state index in [0.717, 1.165) is 16.7 Å². The van der Waals surface area contributed by atoms with Crippen molar-refractivity contribution in [2.45, 2.75) is 13.3 Å². The van der Waals surface area contributed by atoms with Gasteiger partial charge in [-0.05, 0) is 24.1 Å². The summed E-state index contributed by atoms with van der Waals surface area (Å²) in [7, 11) is 0. The molecule has 1 aromatic heterocycles. The van der Waals surface area contributed by atoms with Crippen LogP contribution in [0.4, 0.5) is 0 Å². The Balaban J connectivity index is 2.31. The number of pyridine rings is 1. The summed E-state index contributed by atoms with van der Waals surface area (Å²) in [5.41, 5.74) is 2.85. The molecule has 2 rings (SSSR count). The first kappa shape index (κ1) is 13.0. The molecule has 0 saturated heterocycles. The van der Waals surface area contributed by atoms with E-state index in [-0.39, 0.29) is 10.6 Å². The van der Waals surface area contributed by atoms with E-state index in [0.29, 0.717) is 6.42 Å². The molecule has 0 aliphatic heterocycles. The molecular weight excluding hydrogens is 240 g/mol. The van der Waals surface area contributed by atoms with Crippen LogP contribution in [0.2, 0.25) is 0 Å². The summed E-state index contributed by atoms with van der Waals surface area (Å²) in [5.74, 6) is 0. The average molecular weight is 254 g/mol. The van der Waals surface area contributed by atoms with Crippen molar-refractivity contribution in [2.24, 2.45) is 0 Å². The largest absolute Gasteiger partial charge is 0.264 e. The number of benzene rings is 1. The van der Waals surface area contributed by atoms with Crippen LogP contribution < -0.4 is 0 Å². The predicted octanol–water partition coefficient (Wildman–Crippen LogP) is 3.25. The van der Waals surface area contributed by atoms with Crippen molar-refractivity contribution in [3.63, 3.8) is 0 Å². The molecule has 4 nitrogen and oxygen atoms in total. The van der Waals surface area contributed by atoms with Crippen LogP contribution in [0.25, 0.3) is 6.08 Å². The number of rotatable bonds is 4. The van der Waals surface area contributed by atoms with Gasteiger partial charge in [-0.3, -0.25) is 15.1 Å². The first-order valence-corrected chi connectivity index (χ1v) is 5.96. The molecule has 96 valence electrons. The fourth-order valence-corrected chi connectivity index (χ4v) is 1.78. The highest BCUT2D eigenvalue weighted by Gasteiger charge is 2.12. The zero-order chi connectivity index (χ0) is 13.7. The van der Waals surface area contributed by atoms with Gasteiger partial charge in [-0.25, -0.2) is 0 Å². The van der Waals surface area contributed by atoms with Gasteiger partial charge in [0.1, 0.15) is 0 Å². The fraction of sp³-hybridized carbons (Fsp3) is 0.133. The molecule has 1 heterocycles. The normalized spacial score (nSPS) is 11.3. The minimum absolute atomic E-state index is 0.169. The Morgan fingerprint density at radius 2 is 2.05 bits per heavy atom. The topological polar surface area (TPSA) is 56.0 Å². The zero-order valence-electron chi connectivity index (χ0n) is 10.6. The molecule has 2 aromatic rings. The van der Waals surface area contributed by atoms with Crippen LogP contribution in [0, 0.1) is 17.0 Å². The second-order valence-electron chi connectivity index (χ2n) is 4.29. The van der Waals surface area contributed by atoms with Crippen LogP contribution in [0.1, 0.15) is 16.7 Å². The highest BCUT2D eigenvalue weighted by Crippen LogP contribution is 2.15. The van der Waals surface area contributed by atoms with Gasteiger partial charge in [-0.2, -0.15) is 0 Å². The third kappa shape index (κ3) is 3.48. The Hall–Kier alpha value is -2.49. The van der Waals surface area contributed by atoms with Crippen molar-refractivity contribution < 1.29 is 4.92 Å². The first-order chi connectivity index (χ1) is 9.16. The van der Waals surface area contributed by atoms with Crippen LogP contribution in [-0.2, 0) is 6.42 Å². The number of aryl methyl sites for hydroxylation is 1. The summed E-state index contributed by atoms with van der Waals surface area (Å²) < 4.78 is 0. The van der Waals surface area contributed by atoms with Crippen molar-refractivity contribution in [1.29, 1.82) is 0 Å². The lowest BCUT2D eigenvalue weighted by atomic mass is 10.1. The molecule has 0 amide bonds. The molecule has 0 unspecified atom stereocenters. The maximum atomic E-state index is 11.1. The van der Waals surface area contributed by atoms with E-state index in [2.05, 4.69) is 4.98 Å². The smallest absolute Gasteiger partial charge is 0.251 e. The van der Waals surface area contributed by atoms with Crippen molar-refractivity contribution in [1.82, 2.24) is 4.98 Å². The molecule has 0 saturated carbocycles. The molecular formula is C15H14N2O2. The van der Waals surface area contributed by atoms with Gasteiger partial charge in [-0.1, -0.05) is 30.3 Å². The third-order valence-electron chi connectivity index (χ3n) is 2.86. The van der Waals surface area contributed by atoms with Crippen LogP contribution in [-0.4, -0.2) is 9.91 Å². The molecule has 0 N–H and O–H groups in total. The van der Waals surface area contributed by atoms with Crippen LogP contribution in [0.15, 0.2) is 54.5 Å². The molecule has 0 radical (unpaired) electrons. The van der Waals surface area contributed by atoms with Crippen LogP contribution in [0.5, 0.6) is 0 Å². The summed E-state index contributed by atoms with van der Waals surface area (Å²) in [6.45, 7) is 1.91. The molecule has 4 heteroatoms. The van der Waals surface area contributed by atoms with Crippen molar-refractivity contribution in [3.05, 3.63) is 81.3 Å². The van der Waals surface area contributed by atoms with Crippen LogP contribution in [0.3, 0.4) is 0 Å². The van der Waals surface area contributed by atoms with E-state index in [1.165, 1.54) is 0 Å². The number of hydrogen-bond acceptors (Lipinski definition) is 3. The molecule has 0 aliphatic rings. The Morgan fingerprint density at radius 3 is 2.68 bits per heavy atom. The van der Waals surface area contributed by atoms with Gasteiger partial charge in [0.2, 0.25) is 0 Å². The van der Waals surface area contributed by atoms with Gasteiger partial charge in [0.05, 0.1) is 11.3 Å². The Labute approximate surface area is 111 Å². The van der Waals surface area contributed by atoms with Gasteiger partial charge in [0.25, 0.3) is 5.70 Å². The van der Waals surface area contributed by atoms with Crippen molar-refractivity contribution in [3.8, 4) is 0 Å². The monoisotopic (exact) mass is 254 g/mol. The first-order valence-electron chi connectivity index (χ1n) is 5.96. The summed E-state index contributed by atoms with van der Waals surface area (Å²) in [6.07, 6.45) is 5.22. The zero-order valence-corrected chi connectivity index (χ0v) is 10.6. The maximum Gasteiger partial charge on any atom is 0.251 e. The van der Waals surface area contributed by atoms with Gasteiger partial charge in [-0.15, -0.1) is 0 Å². The lowest BCUT2D eigenvalue weighted by molar-refractivity contribution is -0.425. The Bertz CT molecular complexity index is 607. The molecule has 0 atom stereocenters. The van der Waals surface area contributed by atoms with E-state index in [9.17, 15) is 10.1 Å². The number of nitro groups is 1. The number of hydrogen-bond donors (Lipinski definition) is 0. The summed E-state index contributed by atoms with van der Waals surface area (Å²) in [5, 5.41) is 11.1. The van der Waals surface area contributed by atoms with Gasteiger partial charge in [0, 0.05) is 24.0 Å². The second-order valence-corrected chi connectivity index (χ2v) is 4.29. The minimum atomic E-state index is -0.334. The quantitative estimate of drug-likeness (QED) is 0.621. The van der Waals surface area contributed by atoms with E-state index >= 15 is 0 Å². The summed E-state index contributed by atoms with van der Waals surface area (Å²) >= 11 is 0. The van der Waals surface area contributed by atoms with Gasteiger partial charge in [0.15, 0.2) is 0 Å². The number of nitrogens with zero attached hydrogens (tertiary/aromatic N) is 2. The number of allylic oxidation sites excluding steroid dienone is 1. The highest BCUT2D eigenvalue weighted by atomic mass is 16.6. The summed E-state index contributed by atoms with van der Waals surface area (Å²) in [4.78, 5) is 14.8. The second kappa shape index (κ2) is 5.91. The predicted molar refractivity (Wildman–Crippen MR) is 74.1 cm³/mol. The molecule has 0 bridgehead atoms. The lowest BCUT2D eigenvalue weighted by Gasteiger charge is -2.02. The van der Waals surface area contributed by atoms with Crippen LogP contribution >= 0.6 is 0 Å². The summed E-state index contributed by atoms with van der Waals surface area (Å²) in [6, 6.07) is 11.3. The highest BCUT2D eigenvalue weighted by molar-refractivity contribution is 5.54. The molecule has 0 aliphatic carbocycles.